The number of H-pyrrole nitrogens is 1. The van der Waals surface area contributed by atoms with Crippen molar-refractivity contribution in [3.63, 3.8) is 0 Å². The lowest BCUT2D eigenvalue weighted by atomic mass is 10.2. The van der Waals surface area contributed by atoms with Crippen LogP contribution >= 0.6 is 0 Å². The molecule has 0 aliphatic rings. The summed E-state index contributed by atoms with van der Waals surface area (Å²) in [5.41, 5.74) is 1.52. The van der Waals surface area contributed by atoms with Crippen molar-refractivity contribution in [3.05, 3.63) is 40.3 Å². The van der Waals surface area contributed by atoms with E-state index in [1.807, 2.05) is 6.07 Å². The van der Waals surface area contributed by atoms with E-state index in [2.05, 4.69) is 9.97 Å². The zero-order valence-electron chi connectivity index (χ0n) is 6.61. The number of hydrogen-bond donors (Lipinski definition) is 1. The van der Waals surface area contributed by atoms with Crippen LogP contribution in [0.3, 0.4) is 0 Å². The minimum absolute atomic E-state index is 0. The van der Waals surface area contributed by atoms with Crippen molar-refractivity contribution in [1.82, 2.24) is 9.97 Å². The number of nitrogens with zero attached hydrogens (tertiary/aromatic N) is 2. The Morgan fingerprint density at radius 2 is 2.21 bits per heavy atom. The lowest BCUT2D eigenvalue weighted by Crippen LogP contribution is -2.04. The van der Waals surface area contributed by atoms with Gasteiger partial charge in [-0.3, -0.25) is 4.79 Å². The van der Waals surface area contributed by atoms with Gasteiger partial charge in [0, 0.05) is 0 Å². The average molecular weight is 187 g/mol. The van der Waals surface area contributed by atoms with Gasteiger partial charge in [0.25, 0.3) is 5.56 Å². The van der Waals surface area contributed by atoms with E-state index in [9.17, 15) is 4.79 Å². The third-order valence-electron chi connectivity index (χ3n) is 1.70. The first kappa shape index (κ1) is 9.93. The summed E-state index contributed by atoms with van der Waals surface area (Å²) < 4.78 is 0. The van der Waals surface area contributed by atoms with Crippen LogP contribution in [0.1, 0.15) is 13.0 Å². The number of benzene rings is 1. The monoisotopic (exact) mass is 187 g/mol. The fraction of sp³-hybridized carbons (Fsp3) is 0.100. The molecular formula is C10H9N3O. The maximum Gasteiger partial charge on any atom is 0.266 e. The van der Waals surface area contributed by atoms with Crippen LogP contribution in [0, 0.1) is 11.3 Å². The summed E-state index contributed by atoms with van der Waals surface area (Å²) in [6, 6.07) is 6.95. The number of aromatic nitrogens is 2. The van der Waals surface area contributed by atoms with Crippen LogP contribution in [0.15, 0.2) is 29.2 Å². The van der Waals surface area contributed by atoms with Gasteiger partial charge in [0.15, 0.2) is 0 Å². The average Bonchev–Trinajstić information content (AvgIpc) is 2.16. The molecule has 0 saturated heterocycles. The highest BCUT2D eigenvalue weighted by atomic mass is 16.1. The van der Waals surface area contributed by atoms with Crippen LogP contribution in [0.4, 0.5) is 0 Å². The van der Waals surface area contributed by atoms with Crippen LogP contribution in [0.5, 0.6) is 0 Å². The fourth-order valence-corrected chi connectivity index (χ4v) is 1.11. The molecule has 1 N–H and O–H groups in total. The molecule has 0 saturated carbocycles. The van der Waals surface area contributed by atoms with E-state index >= 15 is 0 Å². The molecule has 0 aliphatic heterocycles. The Morgan fingerprint density at radius 3 is 2.93 bits per heavy atom. The summed E-state index contributed by atoms with van der Waals surface area (Å²) in [7, 11) is 0. The minimum Gasteiger partial charge on any atom is -0.319 e. The Morgan fingerprint density at radius 1 is 1.43 bits per heavy atom. The molecule has 0 fully saturated rings. The van der Waals surface area contributed by atoms with Gasteiger partial charge < -0.3 is 4.98 Å². The van der Waals surface area contributed by atoms with Gasteiger partial charge in [-0.05, 0) is 18.2 Å². The number of fused-ring (bicyclic) bond motifs is 1. The molecule has 14 heavy (non-hydrogen) atoms. The smallest absolute Gasteiger partial charge is 0.266 e. The van der Waals surface area contributed by atoms with E-state index in [0.29, 0.717) is 16.6 Å². The van der Waals surface area contributed by atoms with Gasteiger partial charge in [0.2, 0.25) is 0 Å². The summed E-state index contributed by atoms with van der Waals surface area (Å²) in [6.45, 7) is 0. The highest BCUT2D eigenvalue weighted by Crippen LogP contribution is 2.08. The van der Waals surface area contributed by atoms with Crippen molar-refractivity contribution >= 4 is 11.0 Å². The normalized spacial score (nSPS) is 9.07. The molecule has 0 radical (unpaired) electrons. The fourth-order valence-electron chi connectivity index (χ4n) is 1.11. The number of hydrogen-bond acceptors (Lipinski definition) is 3. The second-order valence-corrected chi connectivity index (χ2v) is 2.59. The molecule has 70 valence electrons. The Hall–Kier alpha value is -2.15. The number of nitriles is 1. The van der Waals surface area contributed by atoms with E-state index in [1.54, 1.807) is 18.2 Å². The van der Waals surface area contributed by atoms with E-state index in [4.69, 9.17) is 5.26 Å². The molecule has 0 bridgehead atoms. The molecule has 1 heterocycles. The van der Waals surface area contributed by atoms with Crippen LogP contribution in [-0.4, -0.2) is 9.97 Å². The summed E-state index contributed by atoms with van der Waals surface area (Å²) in [5, 5.41) is 8.60. The van der Waals surface area contributed by atoms with Gasteiger partial charge in [-0.1, -0.05) is 7.43 Å². The van der Waals surface area contributed by atoms with Crippen LogP contribution < -0.4 is 5.56 Å². The Bertz CT molecular complexity index is 551. The summed E-state index contributed by atoms with van der Waals surface area (Å²) in [5.74, 6) is 0. The van der Waals surface area contributed by atoms with Gasteiger partial charge in [0.05, 0.1) is 28.9 Å². The predicted molar refractivity (Wildman–Crippen MR) is 53.8 cm³/mol. The second kappa shape index (κ2) is 3.71. The quantitative estimate of drug-likeness (QED) is 0.678. The number of nitrogens with one attached hydrogen (secondary N) is 1. The minimum atomic E-state index is -0.261. The third-order valence-corrected chi connectivity index (χ3v) is 1.70. The van der Waals surface area contributed by atoms with E-state index in [-0.39, 0.29) is 13.0 Å². The standard InChI is InChI=1S/C9H5N3O.CH4/c10-4-6-1-2-7-8(3-6)12-9(13)5-11-7;/h1-3,5H,(H,12,13);1H4. The first-order valence-corrected chi connectivity index (χ1v) is 3.69. The molecule has 4 nitrogen and oxygen atoms in total. The lowest BCUT2D eigenvalue weighted by molar-refractivity contribution is 1.22. The zero-order chi connectivity index (χ0) is 9.26. The number of rotatable bonds is 0. The van der Waals surface area contributed by atoms with Crippen LogP contribution in [0.25, 0.3) is 11.0 Å². The summed E-state index contributed by atoms with van der Waals surface area (Å²) in [6.07, 6.45) is 1.22. The molecule has 0 amide bonds. The summed E-state index contributed by atoms with van der Waals surface area (Å²) >= 11 is 0. The molecular weight excluding hydrogens is 178 g/mol. The van der Waals surface area contributed by atoms with Crippen LogP contribution in [0.2, 0.25) is 0 Å². The SMILES string of the molecule is C.N#Cc1ccc2ncc(=O)[nH]c2c1. The van der Waals surface area contributed by atoms with Crippen LogP contribution in [-0.2, 0) is 0 Å². The molecule has 1 aromatic heterocycles. The highest BCUT2D eigenvalue weighted by Gasteiger charge is 1.96. The van der Waals surface area contributed by atoms with Gasteiger partial charge in [0.1, 0.15) is 0 Å². The molecule has 0 atom stereocenters. The molecule has 0 aliphatic carbocycles. The van der Waals surface area contributed by atoms with Crippen molar-refractivity contribution < 1.29 is 0 Å². The first-order valence-electron chi connectivity index (χ1n) is 3.69. The van der Waals surface area contributed by atoms with Crippen molar-refractivity contribution in [2.75, 3.05) is 0 Å². The van der Waals surface area contributed by atoms with Gasteiger partial charge in [-0.15, -0.1) is 0 Å². The van der Waals surface area contributed by atoms with Crippen molar-refractivity contribution in [2.45, 2.75) is 7.43 Å². The molecule has 0 spiro atoms. The summed E-state index contributed by atoms with van der Waals surface area (Å²) in [4.78, 5) is 17.4. The zero-order valence-corrected chi connectivity index (χ0v) is 6.61. The van der Waals surface area contributed by atoms with E-state index < -0.39 is 0 Å². The molecule has 0 unspecified atom stereocenters. The predicted octanol–water partition coefficient (Wildman–Crippen LogP) is 1.43. The molecule has 2 aromatic rings. The van der Waals surface area contributed by atoms with E-state index in [0.717, 1.165) is 0 Å². The van der Waals surface area contributed by atoms with Crippen molar-refractivity contribution in [3.8, 4) is 6.07 Å². The highest BCUT2D eigenvalue weighted by molar-refractivity contribution is 5.75. The van der Waals surface area contributed by atoms with Gasteiger partial charge in [-0.25, -0.2) is 4.98 Å². The first-order chi connectivity index (χ1) is 6.29. The Kier molecular flexibility index (Phi) is 2.63. The topological polar surface area (TPSA) is 69.5 Å². The molecule has 4 heteroatoms. The van der Waals surface area contributed by atoms with Gasteiger partial charge >= 0.3 is 0 Å². The van der Waals surface area contributed by atoms with Gasteiger partial charge in [-0.2, -0.15) is 5.26 Å². The molecule has 1 aromatic carbocycles. The molecule has 2 rings (SSSR count). The van der Waals surface area contributed by atoms with E-state index in [1.165, 1.54) is 6.20 Å². The number of aromatic amines is 1. The Labute approximate surface area is 80.8 Å². The van der Waals surface area contributed by atoms with Crippen molar-refractivity contribution in [2.24, 2.45) is 0 Å². The maximum absolute atomic E-state index is 10.9. The van der Waals surface area contributed by atoms with Crippen molar-refractivity contribution in [1.29, 1.82) is 5.26 Å². The lowest BCUT2D eigenvalue weighted by Gasteiger charge is -1.94. The third kappa shape index (κ3) is 1.62. The second-order valence-electron chi connectivity index (χ2n) is 2.59. The largest absolute Gasteiger partial charge is 0.319 e. The maximum atomic E-state index is 10.9. The Balaban J connectivity index is 0.000000980.